The van der Waals surface area contributed by atoms with Gasteiger partial charge in [0.15, 0.2) is 5.69 Å². The molecule has 0 aliphatic carbocycles. The Hall–Kier alpha value is -4.54. The van der Waals surface area contributed by atoms with Gasteiger partial charge in [0, 0.05) is 5.56 Å². The molecule has 3 heterocycles. The number of carbonyl (C=O) groups is 1. The molecule has 1 aromatic carbocycles. The maximum absolute atomic E-state index is 12.3. The predicted octanol–water partition coefficient (Wildman–Crippen LogP) is 3.24. The molecular weight excluding hydrogens is 418 g/mol. The Morgan fingerprint density at radius 1 is 1.31 bits per heavy atom. The number of esters is 1. The fourth-order valence-electron chi connectivity index (χ4n) is 3.13. The summed E-state index contributed by atoms with van der Waals surface area (Å²) in [5, 5.41) is 13.9. The molecule has 32 heavy (non-hydrogen) atoms. The molecule has 0 unspecified atom stereocenters. The number of furan rings is 1. The second-order valence-electron chi connectivity index (χ2n) is 6.72. The Bertz CT molecular complexity index is 1430. The summed E-state index contributed by atoms with van der Waals surface area (Å²) in [7, 11) is 0. The van der Waals surface area contributed by atoms with Gasteiger partial charge in [0.05, 0.1) is 17.1 Å². The first kappa shape index (κ1) is 20.7. The molecule has 0 radical (unpaired) electrons. The number of carbonyl (C=O) groups excluding carboxylic acids is 1. The number of nitro groups is 1. The van der Waals surface area contributed by atoms with Crippen LogP contribution in [0.4, 0.5) is 5.69 Å². The molecule has 0 bridgehead atoms. The minimum absolute atomic E-state index is 0.00629. The topological polar surface area (TPSA) is 146 Å². The van der Waals surface area contributed by atoms with Gasteiger partial charge in [0.2, 0.25) is 0 Å². The number of ether oxygens (including phenoxy) is 1. The summed E-state index contributed by atoms with van der Waals surface area (Å²) in [5.74, 6) is 0.448. The van der Waals surface area contributed by atoms with Gasteiger partial charge in [-0.1, -0.05) is 6.07 Å². The number of nitrogens with zero attached hydrogens (tertiary/aromatic N) is 4. The number of hydrogen-bond donors (Lipinski definition) is 1. The molecule has 0 aliphatic rings. The Morgan fingerprint density at radius 2 is 2.12 bits per heavy atom. The van der Waals surface area contributed by atoms with E-state index in [2.05, 4.69) is 15.1 Å². The lowest BCUT2D eigenvalue weighted by Gasteiger charge is -2.06. The van der Waals surface area contributed by atoms with Crippen LogP contribution in [-0.2, 0) is 4.74 Å². The van der Waals surface area contributed by atoms with Gasteiger partial charge in [0.25, 0.3) is 5.78 Å². The molecule has 0 fully saturated rings. The van der Waals surface area contributed by atoms with Crippen molar-refractivity contribution >= 4 is 29.6 Å². The van der Waals surface area contributed by atoms with Crippen LogP contribution in [0, 0.1) is 17.0 Å². The van der Waals surface area contributed by atoms with E-state index in [4.69, 9.17) is 9.15 Å². The molecule has 0 spiro atoms. The second-order valence-corrected chi connectivity index (χ2v) is 6.72. The van der Waals surface area contributed by atoms with Crippen LogP contribution in [0.2, 0.25) is 0 Å². The third kappa shape index (κ3) is 3.78. The average molecular weight is 435 g/mol. The van der Waals surface area contributed by atoms with Crippen LogP contribution in [0.5, 0.6) is 0 Å². The molecule has 11 nitrogen and oxygen atoms in total. The van der Waals surface area contributed by atoms with Gasteiger partial charge in [-0.25, -0.2) is 14.8 Å². The molecule has 0 aliphatic heterocycles. The minimum atomic E-state index is -0.872. The van der Waals surface area contributed by atoms with Crippen LogP contribution in [-0.4, -0.2) is 37.1 Å². The maximum Gasteiger partial charge on any atom is 0.361 e. The van der Waals surface area contributed by atoms with Gasteiger partial charge in [0.1, 0.15) is 17.8 Å². The van der Waals surface area contributed by atoms with Gasteiger partial charge < -0.3 is 9.15 Å². The van der Waals surface area contributed by atoms with Gasteiger partial charge in [-0.05, 0) is 55.8 Å². The van der Waals surface area contributed by atoms with E-state index in [0.29, 0.717) is 22.6 Å². The highest BCUT2D eigenvalue weighted by atomic mass is 16.6. The van der Waals surface area contributed by atoms with Crippen LogP contribution < -0.4 is 5.56 Å². The lowest BCUT2D eigenvalue weighted by atomic mass is 10.0. The number of rotatable bonds is 6. The van der Waals surface area contributed by atoms with Crippen LogP contribution in [0.25, 0.3) is 29.3 Å². The molecule has 4 aromatic rings. The Balaban J connectivity index is 1.68. The number of aromatic nitrogens is 4. The highest BCUT2D eigenvalue weighted by Crippen LogP contribution is 2.28. The zero-order valence-corrected chi connectivity index (χ0v) is 17.1. The van der Waals surface area contributed by atoms with E-state index >= 15 is 0 Å². The summed E-state index contributed by atoms with van der Waals surface area (Å²) >= 11 is 0. The maximum atomic E-state index is 12.3. The number of benzene rings is 1. The zero-order chi connectivity index (χ0) is 22.8. The van der Waals surface area contributed by atoms with E-state index in [0.717, 1.165) is 10.1 Å². The number of H-pyrrole nitrogens is 1. The Morgan fingerprint density at radius 3 is 2.88 bits per heavy atom. The lowest BCUT2D eigenvalue weighted by Crippen LogP contribution is -2.20. The van der Waals surface area contributed by atoms with Crippen molar-refractivity contribution in [2.24, 2.45) is 0 Å². The molecule has 0 saturated carbocycles. The lowest BCUT2D eigenvalue weighted by molar-refractivity contribution is -0.386. The fraction of sp³-hybridized carbons (Fsp3) is 0.143. The first-order valence-corrected chi connectivity index (χ1v) is 9.55. The molecule has 4 rings (SSSR count). The SMILES string of the molecule is CCOC(=O)c1ccc(C)c(-c2ccc(/C=C/c3nc4nc[nH]n4c(=O)c3[N+](=O)[O-])o2)c1. The number of aryl methyl sites for hydroxylation is 1. The van der Waals surface area contributed by atoms with E-state index < -0.39 is 22.1 Å². The van der Waals surface area contributed by atoms with Crippen molar-refractivity contribution in [3.05, 3.63) is 79.7 Å². The van der Waals surface area contributed by atoms with Gasteiger partial charge in [-0.15, -0.1) is 0 Å². The van der Waals surface area contributed by atoms with Gasteiger partial charge >= 0.3 is 17.2 Å². The molecule has 1 N–H and O–H groups in total. The Labute approximate surface area is 180 Å². The van der Waals surface area contributed by atoms with Crippen molar-refractivity contribution in [1.29, 1.82) is 0 Å². The number of nitrogens with one attached hydrogen (secondary N) is 1. The van der Waals surface area contributed by atoms with Crippen LogP contribution in [0.1, 0.15) is 34.3 Å². The molecule has 0 amide bonds. The van der Waals surface area contributed by atoms with E-state index in [-0.39, 0.29) is 18.1 Å². The molecule has 0 saturated heterocycles. The third-order valence-electron chi connectivity index (χ3n) is 4.66. The summed E-state index contributed by atoms with van der Waals surface area (Å²) in [4.78, 5) is 42.9. The highest BCUT2D eigenvalue weighted by molar-refractivity contribution is 5.91. The van der Waals surface area contributed by atoms with Crippen LogP contribution in [0.3, 0.4) is 0 Å². The highest BCUT2D eigenvalue weighted by Gasteiger charge is 2.23. The van der Waals surface area contributed by atoms with E-state index in [1.54, 1.807) is 37.3 Å². The zero-order valence-electron chi connectivity index (χ0n) is 17.1. The summed E-state index contributed by atoms with van der Waals surface area (Å²) in [6.45, 7) is 3.88. The third-order valence-corrected chi connectivity index (χ3v) is 4.66. The van der Waals surface area contributed by atoms with Crippen molar-refractivity contribution in [2.75, 3.05) is 6.61 Å². The van der Waals surface area contributed by atoms with Crippen molar-refractivity contribution in [3.8, 4) is 11.3 Å². The van der Waals surface area contributed by atoms with E-state index in [1.165, 1.54) is 18.5 Å². The smallest absolute Gasteiger partial charge is 0.361 e. The largest absolute Gasteiger partial charge is 0.462 e. The summed E-state index contributed by atoms with van der Waals surface area (Å²) in [6, 6.07) is 8.52. The van der Waals surface area contributed by atoms with Crippen molar-refractivity contribution in [1.82, 2.24) is 19.6 Å². The summed E-state index contributed by atoms with van der Waals surface area (Å²) < 4.78 is 11.8. The van der Waals surface area contributed by atoms with Crippen molar-refractivity contribution in [3.63, 3.8) is 0 Å². The second kappa shape index (κ2) is 8.30. The van der Waals surface area contributed by atoms with Gasteiger partial charge in [-0.3, -0.25) is 20.0 Å². The minimum Gasteiger partial charge on any atom is -0.462 e. The normalized spacial score (nSPS) is 11.3. The van der Waals surface area contributed by atoms with Crippen LogP contribution in [0.15, 0.2) is 45.9 Å². The standard InChI is InChI=1S/C21H17N5O6/c1-3-31-20(28)13-5-4-12(2)15(10-13)17-9-7-14(32-17)6-8-16-18(26(29)30)19(27)25-21(24-16)22-11-23-25/h4-11H,3H2,1-2H3,(H,22,23,24)/b8-6+. The van der Waals surface area contributed by atoms with Crippen LogP contribution >= 0.6 is 0 Å². The molecule has 162 valence electrons. The van der Waals surface area contributed by atoms with Crippen molar-refractivity contribution < 1.29 is 18.9 Å². The quantitative estimate of drug-likeness (QED) is 0.276. The molecule has 0 atom stereocenters. The fourth-order valence-corrected chi connectivity index (χ4v) is 3.13. The van der Waals surface area contributed by atoms with Crippen molar-refractivity contribution in [2.45, 2.75) is 13.8 Å². The Kier molecular flexibility index (Phi) is 5.37. The number of aromatic amines is 1. The van der Waals surface area contributed by atoms with E-state index in [9.17, 15) is 19.7 Å². The molecule has 3 aromatic heterocycles. The molecule has 11 heteroatoms. The first-order chi connectivity index (χ1) is 15.4. The van der Waals surface area contributed by atoms with E-state index in [1.807, 2.05) is 6.92 Å². The summed E-state index contributed by atoms with van der Waals surface area (Å²) in [5.41, 5.74) is 0.281. The monoisotopic (exact) mass is 435 g/mol. The first-order valence-electron chi connectivity index (χ1n) is 9.55. The molecular formula is C21H17N5O6. The summed E-state index contributed by atoms with van der Waals surface area (Å²) in [6.07, 6.45) is 4.00. The number of hydrogen-bond acceptors (Lipinski definition) is 8. The van der Waals surface area contributed by atoms with Gasteiger partial charge in [-0.2, -0.15) is 4.52 Å². The number of fused-ring (bicyclic) bond motifs is 1. The average Bonchev–Trinajstić information content (AvgIpc) is 3.42. The predicted molar refractivity (Wildman–Crippen MR) is 114 cm³/mol.